The monoisotopic (exact) mass is 230 g/mol. The molecule has 3 nitrogen and oxygen atoms in total. The first-order valence-electron chi connectivity index (χ1n) is 5.95. The van der Waals surface area contributed by atoms with E-state index in [0.29, 0.717) is 5.92 Å². The van der Waals surface area contributed by atoms with Crippen molar-refractivity contribution in [1.82, 2.24) is 4.98 Å². The van der Waals surface area contributed by atoms with E-state index >= 15 is 0 Å². The Labute approximate surface area is 101 Å². The number of hydrogen-bond donors (Lipinski definition) is 2. The van der Waals surface area contributed by atoms with Crippen LogP contribution in [0.25, 0.3) is 10.9 Å². The summed E-state index contributed by atoms with van der Waals surface area (Å²) in [5.74, 6) is -0.00392. The Balaban J connectivity index is 2.45. The molecule has 3 N–H and O–H groups in total. The Bertz CT molecular complexity index is 528. The molecule has 1 atom stereocenters. The van der Waals surface area contributed by atoms with Gasteiger partial charge in [0.15, 0.2) is 0 Å². The molecule has 17 heavy (non-hydrogen) atoms. The largest absolute Gasteiger partial charge is 0.369 e. The van der Waals surface area contributed by atoms with Gasteiger partial charge in [-0.1, -0.05) is 32.0 Å². The van der Waals surface area contributed by atoms with Gasteiger partial charge in [-0.05, 0) is 24.0 Å². The van der Waals surface area contributed by atoms with Gasteiger partial charge in [-0.15, -0.1) is 0 Å². The number of amides is 1. The van der Waals surface area contributed by atoms with Crippen molar-refractivity contribution >= 4 is 16.8 Å². The Hall–Kier alpha value is -1.77. The van der Waals surface area contributed by atoms with Crippen molar-refractivity contribution in [3.05, 3.63) is 36.0 Å². The van der Waals surface area contributed by atoms with Crippen LogP contribution in [0.1, 0.15) is 31.7 Å². The molecule has 2 aromatic rings. The standard InChI is InChI=1S/C14H18N2O/c1-9(2)7-11(14(15)17)12-8-16-13-6-4-3-5-10(12)13/h3-6,8-9,11,16H,7H2,1-2H3,(H2,15,17). The molecule has 0 aliphatic heterocycles. The Morgan fingerprint density at radius 3 is 2.71 bits per heavy atom. The second-order valence-electron chi connectivity index (χ2n) is 4.87. The van der Waals surface area contributed by atoms with Crippen LogP contribution in [0.4, 0.5) is 0 Å². The van der Waals surface area contributed by atoms with Crippen LogP contribution in [0.3, 0.4) is 0 Å². The molecule has 0 aliphatic rings. The zero-order valence-corrected chi connectivity index (χ0v) is 10.2. The Morgan fingerprint density at radius 2 is 2.06 bits per heavy atom. The molecule has 0 bridgehead atoms. The maximum atomic E-state index is 11.6. The molecule has 0 spiro atoms. The lowest BCUT2D eigenvalue weighted by molar-refractivity contribution is -0.119. The van der Waals surface area contributed by atoms with E-state index in [4.69, 9.17) is 5.73 Å². The van der Waals surface area contributed by atoms with Gasteiger partial charge in [-0.3, -0.25) is 4.79 Å². The van der Waals surface area contributed by atoms with Crippen molar-refractivity contribution in [3.63, 3.8) is 0 Å². The summed E-state index contributed by atoms with van der Waals surface area (Å²) in [5.41, 5.74) is 7.58. The highest BCUT2D eigenvalue weighted by Crippen LogP contribution is 2.29. The predicted octanol–water partition coefficient (Wildman–Crippen LogP) is 2.78. The second-order valence-corrected chi connectivity index (χ2v) is 4.87. The fourth-order valence-corrected chi connectivity index (χ4v) is 2.25. The van der Waals surface area contributed by atoms with Crippen molar-refractivity contribution < 1.29 is 4.79 Å². The van der Waals surface area contributed by atoms with Gasteiger partial charge in [0.05, 0.1) is 5.92 Å². The molecule has 3 heteroatoms. The van der Waals surface area contributed by atoms with Crippen LogP contribution in [0.15, 0.2) is 30.5 Å². The van der Waals surface area contributed by atoms with Gasteiger partial charge in [0.2, 0.25) is 5.91 Å². The Morgan fingerprint density at radius 1 is 1.35 bits per heavy atom. The van der Waals surface area contributed by atoms with E-state index in [1.54, 1.807) is 0 Å². The summed E-state index contributed by atoms with van der Waals surface area (Å²) in [7, 11) is 0. The van der Waals surface area contributed by atoms with Gasteiger partial charge in [-0.2, -0.15) is 0 Å². The molecule has 1 heterocycles. The molecule has 1 amide bonds. The topological polar surface area (TPSA) is 58.9 Å². The summed E-state index contributed by atoms with van der Waals surface area (Å²) in [4.78, 5) is 14.8. The molecule has 0 aliphatic carbocycles. The molecule has 2 rings (SSSR count). The van der Waals surface area contributed by atoms with E-state index < -0.39 is 0 Å². The third-order valence-electron chi connectivity index (χ3n) is 3.05. The molecule has 0 saturated heterocycles. The quantitative estimate of drug-likeness (QED) is 0.833. The summed E-state index contributed by atoms with van der Waals surface area (Å²) >= 11 is 0. The van der Waals surface area contributed by atoms with Crippen LogP contribution in [0, 0.1) is 5.92 Å². The van der Waals surface area contributed by atoms with Crippen molar-refractivity contribution in [3.8, 4) is 0 Å². The lowest BCUT2D eigenvalue weighted by atomic mass is 9.89. The first-order chi connectivity index (χ1) is 8.09. The molecule has 1 aromatic heterocycles. The van der Waals surface area contributed by atoms with Gasteiger partial charge in [0.25, 0.3) is 0 Å². The number of aromatic nitrogens is 1. The number of fused-ring (bicyclic) bond motifs is 1. The molecule has 0 fully saturated rings. The highest BCUT2D eigenvalue weighted by Gasteiger charge is 2.22. The second kappa shape index (κ2) is 4.62. The maximum Gasteiger partial charge on any atom is 0.225 e. The van der Waals surface area contributed by atoms with Crippen molar-refractivity contribution in [2.75, 3.05) is 0 Å². The van der Waals surface area contributed by atoms with E-state index in [9.17, 15) is 4.79 Å². The van der Waals surface area contributed by atoms with Crippen LogP contribution in [0.5, 0.6) is 0 Å². The van der Waals surface area contributed by atoms with Gasteiger partial charge in [0, 0.05) is 17.1 Å². The zero-order chi connectivity index (χ0) is 12.4. The molecule has 90 valence electrons. The summed E-state index contributed by atoms with van der Waals surface area (Å²) in [5, 5.41) is 1.09. The molecule has 1 aromatic carbocycles. The summed E-state index contributed by atoms with van der Waals surface area (Å²) in [6.45, 7) is 4.20. The smallest absolute Gasteiger partial charge is 0.225 e. The van der Waals surface area contributed by atoms with E-state index in [1.165, 1.54) is 0 Å². The van der Waals surface area contributed by atoms with Crippen LogP contribution in [-0.4, -0.2) is 10.9 Å². The van der Waals surface area contributed by atoms with Crippen molar-refractivity contribution in [2.45, 2.75) is 26.2 Å². The molecule has 1 unspecified atom stereocenters. The number of nitrogens with two attached hydrogens (primary N) is 1. The Kier molecular flexibility index (Phi) is 3.18. The number of benzene rings is 1. The van der Waals surface area contributed by atoms with Crippen molar-refractivity contribution in [1.29, 1.82) is 0 Å². The van der Waals surface area contributed by atoms with E-state index in [1.807, 2.05) is 30.5 Å². The minimum absolute atomic E-state index is 0.203. The van der Waals surface area contributed by atoms with E-state index in [-0.39, 0.29) is 11.8 Å². The fourth-order valence-electron chi connectivity index (χ4n) is 2.25. The zero-order valence-electron chi connectivity index (χ0n) is 10.2. The number of primary amides is 1. The average molecular weight is 230 g/mol. The lowest BCUT2D eigenvalue weighted by Gasteiger charge is -2.15. The van der Waals surface area contributed by atoms with Gasteiger partial charge < -0.3 is 10.7 Å². The molecular formula is C14H18N2O. The average Bonchev–Trinajstić information content (AvgIpc) is 2.69. The third kappa shape index (κ3) is 2.33. The number of rotatable bonds is 4. The number of para-hydroxylation sites is 1. The maximum absolute atomic E-state index is 11.6. The normalized spacial score (nSPS) is 13.1. The molecular weight excluding hydrogens is 212 g/mol. The van der Waals surface area contributed by atoms with Gasteiger partial charge >= 0.3 is 0 Å². The van der Waals surface area contributed by atoms with Crippen LogP contribution < -0.4 is 5.73 Å². The third-order valence-corrected chi connectivity index (χ3v) is 3.05. The number of hydrogen-bond acceptors (Lipinski definition) is 1. The minimum Gasteiger partial charge on any atom is -0.369 e. The van der Waals surface area contributed by atoms with E-state index in [0.717, 1.165) is 22.9 Å². The van der Waals surface area contributed by atoms with Gasteiger partial charge in [0.1, 0.15) is 0 Å². The number of carbonyl (C=O) groups is 1. The number of H-pyrrole nitrogens is 1. The van der Waals surface area contributed by atoms with Crippen LogP contribution in [0.2, 0.25) is 0 Å². The van der Waals surface area contributed by atoms with Crippen LogP contribution in [-0.2, 0) is 4.79 Å². The summed E-state index contributed by atoms with van der Waals surface area (Å²) in [6, 6.07) is 7.99. The van der Waals surface area contributed by atoms with Gasteiger partial charge in [-0.25, -0.2) is 0 Å². The molecule has 0 saturated carbocycles. The summed E-state index contributed by atoms with van der Waals surface area (Å²) < 4.78 is 0. The predicted molar refractivity (Wildman–Crippen MR) is 69.7 cm³/mol. The fraction of sp³-hybridized carbons (Fsp3) is 0.357. The van der Waals surface area contributed by atoms with Crippen LogP contribution >= 0.6 is 0 Å². The SMILES string of the molecule is CC(C)CC(C(N)=O)c1c[nH]c2ccccc12. The first-order valence-corrected chi connectivity index (χ1v) is 5.95. The van der Waals surface area contributed by atoms with E-state index in [2.05, 4.69) is 18.8 Å². The number of carbonyl (C=O) groups excluding carboxylic acids is 1. The minimum atomic E-state index is -0.247. The number of nitrogens with one attached hydrogen (secondary N) is 1. The molecule has 0 radical (unpaired) electrons. The lowest BCUT2D eigenvalue weighted by Crippen LogP contribution is -2.22. The highest BCUT2D eigenvalue weighted by atomic mass is 16.1. The van der Waals surface area contributed by atoms with Crippen molar-refractivity contribution in [2.24, 2.45) is 11.7 Å². The number of aromatic amines is 1. The highest BCUT2D eigenvalue weighted by molar-refractivity contribution is 5.91. The first kappa shape index (κ1) is 11.7. The summed E-state index contributed by atoms with van der Waals surface area (Å²) in [6.07, 6.45) is 2.69.